The van der Waals surface area contributed by atoms with Crippen molar-refractivity contribution in [2.75, 3.05) is 0 Å². The fourth-order valence-electron chi connectivity index (χ4n) is 2.19. The Bertz CT molecular complexity index is 1020. The largest absolute Gasteiger partial charge is 0.573 e. The lowest BCUT2D eigenvalue weighted by Gasteiger charge is -2.12. The SMILES string of the molecule is O=S(=O)(NCc1cccnc1-n1cncn1)c1cccc(OC(F)(F)F)c1. The van der Waals surface area contributed by atoms with Crippen molar-refractivity contribution in [3.8, 4) is 11.6 Å². The van der Waals surface area contributed by atoms with Crippen LogP contribution < -0.4 is 9.46 Å². The van der Waals surface area contributed by atoms with Crippen LogP contribution >= 0.6 is 0 Å². The third-order valence-electron chi connectivity index (χ3n) is 3.31. The number of pyridine rings is 1. The molecule has 8 nitrogen and oxygen atoms in total. The fraction of sp³-hybridized carbons (Fsp3) is 0.133. The van der Waals surface area contributed by atoms with Crippen molar-refractivity contribution in [2.24, 2.45) is 0 Å². The monoisotopic (exact) mass is 399 g/mol. The van der Waals surface area contributed by atoms with Gasteiger partial charge in [-0.3, -0.25) is 0 Å². The highest BCUT2D eigenvalue weighted by atomic mass is 32.2. The summed E-state index contributed by atoms with van der Waals surface area (Å²) in [6.45, 7) is -0.157. The van der Waals surface area contributed by atoms with Crippen LogP contribution in [0.3, 0.4) is 0 Å². The number of halogens is 3. The summed E-state index contributed by atoms with van der Waals surface area (Å²) in [4.78, 5) is 7.57. The molecule has 142 valence electrons. The Morgan fingerprint density at radius 3 is 2.70 bits per heavy atom. The molecule has 0 spiro atoms. The highest BCUT2D eigenvalue weighted by Gasteiger charge is 2.31. The number of sulfonamides is 1. The molecule has 0 atom stereocenters. The van der Waals surface area contributed by atoms with Gasteiger partial charge in [-0.2, -0.15) is 5.10 Å². The Balaban J connectivity index is 1.80. The van der Waals surface area contributed by atoms with Crippen LogP contribution in [0, 0.1) is 0 Å². The van der Waals surface area contributed by atoms with Crippen LogP contribution in [0.25, 0.3) is 5.82 Å². The van der Waals surface area contributed by atoms with E-state index < -0.39 is 22.1 Å². The van der Waals surface area contributed by atoms with Crippen LogP contribution in [-0.2, 0) is 16.6 Å². The van der Waals surface area contributed by atoms with E-state index >= 15 is 0 Å². The Hall–Kier alpha value is -2.99. The predicted molar refractivity (Wildman–Crippen MR) is 86.3 cm³/mol. The van der Waals surface area contributed by atoms with E-state index in [0.29, 0.717) is 11.4 Å². The van der Waals surface area contributed by atoms with Crippen LogP contribution in [0.1, 0.15) is 5.56 Å². The molecular weight excluding hydrogens is 387 g/mol. The number of rotatable bonds is 6. The highest BCUT2D eigenvalue weighted by molar-refractivity contribution is 7.89. The molecule has 0 bridgehead atoms. The molecule has 2 aromatic heterocycles. The first kappa shape index (κ1) is 18.8. The topological polar surface area (TPSA) is 99.0 Å². The second-order valence-corrected chi connectivity index (χ2v) is 6.94. The first-order valence-corrected chi connectivity index (χ1v) is 8.87. The van der Waals surface area contributed by atoms with Gasteiger partial charge in [-0.15, -0.1) is 13.2 Å². The third kappa shape index (κ3) is 4.80. The summed E-state index contributed by atoms with van der Waals surface area (Å²) in [5.74, 6) is -0.262. The summed E-state index contributed by atoms with van der Waals surface area (Å²) in [5.41, 5.74) is 0.495. The molecule has 2 heterocycles. The van der Waals surface area contributed by atoms with Crippen LogP contribution in [0.15, 0.2) is 60.1 Å². The number of hydrogen-bond donors (Lipinski definition) is 1. The van der Waals surface area contributed by atoms with Gasteiger partial charge in [0.05, 0.1) is 4.90 Å². The maximum atomic E-state index is 12.4. The van der Waals surface area contributed by atoms with E-state index in [1.165, 1.54) is 23.5 Å². The van der Waals surface area contributed by atoms with Crippen molar-refractivity contribution in [1.82, 2.24) is 24.5 Å². The molecule has 0 saturated carbocycles. The molecule has 0 fully saturated rings. The summed E-state index contributed by atoms with van der Waals surface area (Å²) >= 11 is 0. The standard InChI is InChI=1S/C15H12F3N5O3S/c16-15(17,18)26-12-4-1-5-13(7-12)27(24,25)22-8-11-3-2-6-20-14(11)23-10-19-9-21-23/h1-7,9-10,22H,8H2. The van der Waals surface area contributed by atoms with Crippen molar-refractivity contribution < 1.29 is 26.3 Å². The van der Waals surface area contributed by atoms with Crippen LogP contribution in [0.5, 0.6) is 5.75 Å². The first-order chi connectivity index (χ1) is 12.7. The summed E-state index contributed by atoms with van der Waals surface area (Å²) < 4.78 is 69.2. The number of hydrogen-bond acceptors (Lipinski definition) is 6. The minimum absolute atomic E-state index is 0.157. The van der Waals surface area contributed by atoms with E-state index in [2.05, 4.69) is 24.5 Å². The lowest BCUT2D eigenvalue weighted by molar-refractivity contribution is -0.274. The van der Waals surface area contributed by atoms with Gasteiger partial charge in [0.25, 0.3) is 0 Å². The average Bonchev–Trinajstić information content (AvgIpc) is 3.13. The Morgan fingerprint density at radius 2 is 2.00 bits per heavy atom. The highest BCUT2D eigenvalue weighted by Crippen LogP contribution is 2.25. The van der Waals surface area contributed by atoms with E-state index in [9.17, 15) is 21.6 Å². The molecule has 0 aliphatic rings. The Morgan fingerprint density at radius 1 is 1.19 bits per heavy atom. The molecule has 3 rings (SSSR count). The molecule has 0 radical (unpaired) electrons. The van der Waals surface area contributed by atoms with E-state index in [1.807, 2.05) is 0 Å². The molecular formula is C15H12F3N5O3S. The molecule has 1 aromatic carbocycles. The fourth-order valence-corrected chi connectivity index (χ4v) is 3.23. The number of alkyl halides is 3. The van der Waals surface area contributed by atoms with Gasteiger partial charge in [0.1, 0.15) is 18.4 Å². The minimum Gasteiger partial charge on any atom is -0.406 e. The van der Waals surface area contributed by atoms with Gasteiger partial charge in [-0.1, -0.05) is 12.1 Å². The molecule has 0 unspecified atom stereocenters. The van der Waals surface area contributed by atoms with Gasteiger partial charge in [-0.05, 0) is 18.2 Å². The number of benzene rings is 1. The summed E-state index contributed by atoms with van der Waals surface area (Å²) in [5, 5.41) is 3.94. The zero-order valence-corrected chi connectivity index (χ0v) is 14.3. The van der Waals surface area contributed by atoms with E-state index in [-0.39, 0.29) is 11.4 Å². The van der Waals surface area contributed by atoms with Crippen LogP contribution in [-0.4, -0.2) is 34.5 Å². The first-order valence-electron chi connectivity index (χ1n) is 7.39. The zero-order chi connectivity index (χ0) is 19.5. The van der Waals surface area contributed by atoms with Crippen molar-refractivity contribution in [2.45, 2.75) is 17.8 Å². The number of nitrogens with one attached hydrogen (secondary N) is 1. The van der Waals surface area contributed by atoms with Gasteiger partial charge in [0.15, 0.2) is 5.82 Å². The average molecular weight is 399 g/mol. The molecule has 3 aromatic rings. The molecule has 12 heteroatoms. The van der Waals surface area contributed by atoms with Crippen molar-refractivity contribution >= 4 is 10.0 Å². The van der Waals surface area contributed by atoms with Crippen LogP contribution in [0.2, 0.25) is 0 Å². The van der Waals surface area contributed by atoms with E-state index in [1.54, 1.807) is 12.1 Å². The second kappa shape index (κ2) is 7.32. The smallest absolute Gasteiger partial charge is 0.406 e. The van der Waals surface area contributed by atoms with Crippen molar-refractivity contribution in [1.29, 1.82) is 0 Å². The lowest BCUT2D eigenvalue weighted by atomic mass is 10.2. The molecule has 27 heavy (non-hydrogen) atoms. The molecule has 1 N–H and O–H groups in total. The summed E-state index contributed by atoms with van der Waals surface area (Å²) in [6.07, 6.45) is -0.710. The van der Waals surface area contributed by atoms with Gasteiger partial charge in [0, 0.05) is 24.4 Å². The van der Waals surface area contributed by atoms with Gasteiger partial charge in [-0.25, -0.2) is 27.8 Å². The van der Waals surface area contributed by atoms with Gasteiger partial charge < -0.3 is 4.74 Å². The Kier molecular flexibility index (Phi) is 5.10. The normalized spacial score (nSPS) is 12.1. The molecule has 0 aliphatic heterocycles. The Labute approximate surface area is 151 Å². The quantitative estimate of drug-likeness (QED) is 0.681. The summed E-state index contributed by atoms with van der Waals surface area (Å²) in [6, 6.07) is 7.36. The molecule has 0 amide bonds. The maximum absolute atomic E-state index is 12.4. The van der Waals surface area contributed by atoms with Crippen molar-refractivity contribution in [3.05, 3.63) is 60.8 Å². The van der Waals surface area contributed by atoms with Crippen LogP contribution in [0.4, 0.5) is 13.2 Å². The lowest BCUT2D eigenvalue weighted by Crippen LogP contribution is -2.24. The maximum Gasteiger partial charge on any atom is 0.573 e. The molecule has 0 saturated heterocycles. The minimum atomic E-state index is -4.92. The molecule has 0 aliphatic carbocycles. The second-order valence-electron chi connectivity index (χ2n) is 5.17. The number of nitrogens with zero attached hydrogens (tertiary/aromatic N) is 4. The third-order valence-corrected chi connectivity index (χ3v) is 4.70. The van der Waals surface area contributed by atoms with Gasteiger partial charge in [0.2, 0.25) is 10.0 Å². The summed E-state index contributed by atoms with van der Waals surface area (Å²) in [7, 11) is -4.09. The van der Waals surface area contributed by atoms with E-state index in [0.717, 1.165) is 24.3 Å². The van der Waals surface area contributed by atoms with Gasteiger partial charge >= 0.3 is 6.36 Å². The number of ether oxygens (including phenoxy) is 1. The number of aromatic nitrogens is 4. The van der Waals surface area contributed by atoms with Crippen molar-refractivity contribution in [3.63, 3.8) is 0 Å². The predicted octanol–water partition coefficient (Wildman–Crippen LogP) is 2.04. The van der Waals surface area contributed by atoms with E-state index in [4.69, 9.17) is 0 Å². The zero-order valence-electron chi connectivity index (χ0n) is 13.5.